The molecule has 29 heavy (non-hydrogen) atoms. The summed E-state index contributed by atoms with van der Waals surface area (Å²) < 4.78 is 0. The van der Waals surface area contributed by atoms with Gasteiger partial charge in [0.05, 0.1) is 5.69 Å². The Hall–Kier alpha value is -3.62. The van der Waals surface area contributed by atoms with Gasteiger partial charge in [-0.15, -0.1) is 10.2 Å². The number of carbonyl (C=O) groups is 2. The average molecular weight is 391 g/mol. The molecular weight excluding hydrogens is 370 g/mol. The van der Waals surface area contributed by atoms with Crippen LogP contribution in [0.5, 0.6) is 0 Å². The number of rotatable bonds is 4. The Balaban J connectivity index is 1.48. The third kappa shape index (κ3) is 3.84. The van der Waals surface area contributed by atoms with Crippen molar-refractivity contribution in [1.29, 1.82) is 0 Å². The number of aromatic nitrogens is 5. The molecule has 2 atom stereocenters. The molecule has 3 heterocycles. The predicted molar refractivity (Wildman–Crippen MR) is 105 cm³/mol. The molecule has 2 N–H and O–H groups in total. The fourth-order valence-electron chi connectivity index (χ4n) is 3.47. The van der Waals surface area contributed by atoms with E-state index >= 15 is 0 Å². The largest absolute Gasteiger partial charge is 0.337 e. The Morgan fingerprint density at radius 2 is 1.97 bits per heavy atom. The Bertz CT molecular complexity index is 1030. The van der Waals surface area contributed by atoms with E-state index in [9.17, 15) is 9.59 Å². The van der Waals surface area contributed by atoms with Crippen molar-refractivity contribution in [2.24, 2.45) is 0 Å². The number of benzene rings is 1. The molecule has 0 bridgehead atoms. The Labute approximate surface area is 167 Å². The van der Waals surface area contributed by atoms with Crippen molar-refractivity contribution in [3.8, 4) is 0 Å². The molecule has 0 saturated carbocycles. The van der Waals surface area contributed by atoms with Gasteiger partial charge < -0.3 is 10.3 Å². The highest BCUT2D eigenvalue weighted by Crippen LogP contribution is 2.30. The van der Waals surface area contributed by atoms with Crippen molar-refractivity contribution in [2.75, 3.05) is 11.9 Å². The number of amides is 2. The Morgan fingerprint density at radius 1 is 1.21 bits per heavy atom. The first-order valence-corrected chi connectivity index (χ1v) is 9.37. The first-order chi connectivity index (χ1) is 14.0. The molecule has 3 aromatic rings. The van der Waals surface area contributed by atoms with Gasteiger partial charge in [-0.2, -0.15) is 0 Å². The van der Waals surface area contributed by atoms with E-state index in [1.54, 1.807) is 19.4 Å². The normalized spacial score (nSPS) is 18.8. The fourth-order valence-corrected chi connectivity index (χ4v) is 3.47. The molecule has 0 radical (unpaired) electrons. The topological polar surface area (TPSA) is 117 Å². The van der Waals surface area contributed by atoms with Crippen LogP contribution in [0.4, 0.5) is 5.82 Å². The zero-order valence-corrected chi connectivity index (χ0v) is 16.2. The highest BCUT2D eigenvalue weighted by atomic mass is 16.2. The lowest BCUT2D eigenvalue weighted by molar-refractivity contribution is -0.120. The lowest BCUT2D eigenvalue weighted by atomic mass is 9.99. The van der Waals surface area contributed by atoms with Crippen LogP contribution in [0.3, 0.4) is 0 Å². The van der Waals surface area contributed by atoms with Crippen molar-refractivity contribution in [1.82, 2.24) is 30.5 Å². The van der Waals surface area contributed by atoms with Crippen LogP contribution < -0.4 is 10.2 Å². The number of anilines is 1. The first-order valence-electron chi connectivity index (χ1n) is 9.37. The van der Waals surface area contributed by atoms with Gasteiger partial charge in [0, 0.05) is 31.8 Å². The van der Waals surface area contributed by atoms with E-state index in [1.807, 2.05) is 37.3 Å². The molecule has 4 rings (SSSR count). The number of hydrogen-bond donors (Lipinski definition) is 2. The van der Waals surface area contributed by atoms with E-state index in [4.69, 9.17) is 0 Å². The Kier molecular flexibility index (Phi) is 5.03. The molecule has 2 amide bonds. The van der Waals surface area contributed by atoms with Crippen LogP contribution >= 0.6 is 0 Å². The molecule has 2 aromatic heterocycles. The van der Waals surface area contributed by atoms with Gasteiger partial charge in [-0.1, -0.05) is 37.3 Å². The van der Waals surface area contributed by atoms with Crippen LogP contribution in [-0.2, 0) is 11.2 Å². The van der Waals surface area contributed by atoms with Gasteiger partial charge in [0.1, 0.15) is 11.9 Å². The smallest absolute Gasteiger partial charge is 0.289 e. The summed E-state index contributed by atoms with van der Waals surface area (Å²) in [6.07, 6.45) is 4.12. The average Bonchev–Trinajstić information content (AvgIpc) is 3.18. The molecule has 0 fully saturated rings. The zero-order valence-electron chi connectivity index (χ0n) is 16.2. The number of likely N-dealkylation sites (N-methyl/N-ethyl adjacent to an activating group) is 1. The predicted octanol–water partition coefficient (Wildman–Crippen LogP) is 1.45. The third-order valence-corrected chi connectivity index (χ3v) is 4.98. The van der Waals surface area contributed by atoms with Crippen LogP contribution in [-0.4, -0.2) is 50.1 Å². The maximum atomic E-state index is 12.9. The number of fused-ring (bicyclic) bond motifs is 1. The van der Waals surface area contributed by atoms with E-state index in [0.29, 0.717) is 24.5 Å². The molecule has 0 unspecified atom stereocenters. The minimum Gasteiger partial charge on any atom is -0.337 e. The number of nitrogens with one attached hydrogen (secondary N) is 2. The number of hydrogen-bond acceptors (Lipinski definition) is 6. The van der Waals surface area contributed by atoms with Crippen molar-refractivity contribution >= 4 is 17.6 Å². The number of aromatic amines is 1. The summed E-state index contributed by atoms with van der Waals surface area (Å²) in [5.74, 6) is 0.431. The van der Waals surface area contributed by atoms with Crippen molar-refractivity contribution in [3.63, 3.8) is 0 Å². The molecule has 0 saturated heterocycles. The second-order valence-electron chi connectivity index (χ2n) is 7.11. The SMILES string of the molecule is C[C@H]1C[C@@H](NC(=O)c2nnc(Cc3ccccc3)[nH]2)C(=O)N(C)c2nccnc21. The second-order valence-corrected chi connectivity index (χ2v) is 7.11. The van der Waals surface area contributed by atoms with E-state index < -0.39 is 11.9 Å². The van der Waals surface area contributed by atoms with E-state index in [-0.39, 0.29) is 17.6 Å². The molecule has 1 aliphatic heterocycles. The summed E-state index contributed by atoms with van der Waals surface area (Å²) in [4.78, 5) is 38.6. The molecule has 9 heteroatoms. The van der Waals surface area contributed by atoms with E-state index in [0.717, 1.165) is 11.3 Å². The minimum atomic E-state index is -0.707. The van der Waals surface area contributed by atoms with Gasteiger partial charge in [-0.25, -0.2) is 4.98 Å². The summed E-state index contributed by atoms with van der Waals surface area (Å²) in [5.41, 5.74) is 1.80. The Morgan fingerprint density at radius 3 is 2.76 bits per heavy atom. The van der Waals surface area contributed by atoms with Crippen molar-refractivity contribution in [2.45, 2.75) is 31.7 Å². The van der Waals surface area contributed by atoms with Crippen LogP contribution in [0.1, 0.15) is 47.0 Å². The van der Waals surface area contributed by atoms with Crippen molar-refractivity contribution in [3.05, 3.63) is 65.6 Å². The monoisotopic (exact) mass is 391 g/mol. The maximum Gasteiger partial charge on any atom is 0.289 e. The number of nitrogens with zero attached hydrogens (tertiary/aromatic N) is 5. The summed E-state index contributed by atoms with van der Waals surface area (Å²) in [5, 5.41) is 10.8. The minimum absolute atomic E-state index is 0.0405. The molecule has 1 aliphatic rings. The third-order valence-electron chi connectivity index (χ3n) is 4.98. The highest BCUT2D eigenvalue weighted by molar-refractivity contribution is 6.01. The summed E-state index contributed by atoms with van der Waals surface area (Å²) in [7, 11) is 1.64. The number of H-pyrrole nitrogens is 1. The van der Waals surface area contributed by atoms with Gasteiger partial charge >= 0.3 is 0 Å². The molecule has 0 aliphatic carbocycles. The lowest BCUT2D eigenvalue weighted by Gasteiger charge is -2.20. The quantitative estimate of drug-likeness (QED) is 0.695. The molecule has 0 spiro atoms. The fraction of sp³-hybridized carbons (Fsp3) is 0.300. The van der Waals surface area contributed by atoms with Crippen molar-refractivity contribution < 1.29 is 9.59 Å². The standard InChI is InChI=1S/C20H21N7O2/c1-12-10-14(20(29)27(2)18-16(12)21-8-9-22-18)23-19(28)17-24-15(25-26-17)11-13-6-4-3-5-7-13/h3-9,12,14H,10-11H2,1-2H3,(H,23,28)(H,24,25,26)/t12-,14+/m0/s1. The lowest BCUT2D eigenvalue weighted by Crippen LogP contribution is -2.47. The van der Waals surface area contributed by atoms with Crippen LogP contribution in [0.15, 0.2) is 42.7 Å². The van der Waals surface area contributed by atoms with Crippen LogP contribution in [0.2, 0.25) is 0 Å². The van der Waals surface area contributed by atoms with Crippen LogP contribution in [0.25, 0.3) is 0 Å². The summed E-state index contributed by atoms with van der Waals surface area (Å²) in [6.45, 7) is 1.96. The van der Waals surface area contributed by atoms with E-state index in [2.05, 4.69) is 30.5 Å². The van der Waals surface area contributed by atoms with Gasteiger partial charge in [-0.05, 0) is 12.0 Å². The second kappa shape index (κ2) is 7.78. The van der Waals surface area contributed by atoms with Gasteiger partial charge in [0.2, 0.25) is 5.82 Å². The molecule has 9 nitrogen and oxygen atoms in total. The van der Waals surface area contributed by atoms with Gasteiger partial charge in [0.15, 0.2) is 5.82 Å². The summed E-state index contributed by atoms with van der Waals surface area (Å²) >= 11 is 0. The first kappa shape index (κ1) is 18.7. The maximum absolute atomic E-state index is 12.9. The van der Waals surface area contributed by atoms with Gasteiger partial charge in [0.25, 0.3) is 11.8 Å². The number of carbonyl (C=O) groups excluding carboxylic acids is 2. The summed E-state index contributed by atoms with van der Waals surface area (Å²) in [6, 6.07) is 9.06. The highest BCUT2D eigenvalue weighted by Gasteiger charge is 2.34. The van der Waals surface area contributed by atoms with Gasteiger partial charge in [-0.3, -0.25) is 19.5 Å². The van der Waals surface area contributed by atoms with E-state index in [1.165, 1.54) is 4.90 Å². The molecule has 148 valence electrons. The van der Waals surface area contributed by atoms with Crippen LogP contribution in [0, 0.1) is 0 Å². The zero-order chi connectivity index (χ0) is 20.4. The molecular formula is C20H21N7O2. The molecule has 1 aromatic carbocycles.